The Bertz CT molecular complexity index is 1110. The van der Waals surface area contributed by atoms with Crippen molar-refractivity contribution in [2.45, 2.75) is 18.7 Å². The van der Waals surface area contributed by atoms with Crippen LogP contribution in [-0.2, 0) is 10.0 Å². The molecule has 0 bridgehead atoms. The minimum atomic E-state index is -3.63. The summed E-state index contributed by atoms with van der Waals surface area (Å²) in [7, 11) is -3.63. The molecule has 0 aliphatic heterocycles. The highest BCUT2D eigenvalue weighted by atomic mass is 32.2. The van der Waals surface area contributed by atoms with Crippen LogP contribution in [-0.4, -0.2) is 32.8 Å². The van der Waals surface area contributed by atoms with Gasteiger partial charge in [-0.05, 0) is 62.4 Å². The number of anilines is 2. The van der Waals surface area contributed by atoms with Crippen molar-refractivity contribution in [3.63, 3.8) is 0 Å². The number of rotatable bonds is 8. The van der Waals surface area contributed by atoms with Crippen molar-refractivity contribution in [2.24, 2.45) is 4.99 Å². The summed E-state index contributed by atoms with van der Waals surface area (Å²) in [5.74, 6) is 0.162. The molecule has 0 fully saturated rings. The molecule has 0 saturated carbocycles. The zero-order valence-electron chi connectivity index (χ0n) is 17.0. The third-order valence-corrected chi connectivity index (χ3v) is 6.07. The van der Waals surface area contributed by atoms with E-state index in [2.05, 4.69) is 28.5 Å². The fraction of sp³-hybridized carbons (Fsp3) is 0.174. The summed E-state index contributed by atoms with van der Waals surface area (Å²) in [6.07, 6.45) is 1.59. The Morgan fingerprint density at radius 3 is 2.23 bits per heavy atom. The third kappa shape index (κ3) is 5.18. The Morgan fingerprint density at radius 1 is 0.967 bits per heavy atom. The normalized spacial score (nSPS) is 11.5. The fourth-order valence-corrected chi connectivity index (χ4v) is 4.08. The predicted octanol–water partition coefficient (Wildman–Crippen LogP) is 4.79. The molecule has 30 heavy (non-hydrogen) atoms. The first-order valence-electron chi connectivity index (χ1n) is 9.73. The smallest absolute Gasteiger partial charge is 0.261 e. The van der Waals surface area contributed by atoms with Gasteiger partial charge in [-0.3, -0.25) is 9.71 Å². The monoisotopic (exact) mass is 423 g/mol. The highest BCUT2D eigenvalue weighted by Crippen LogP contribution is 2.25. The van der Waals surface area contributed by atoms with E-state index >= 15 is 0 Å². The zero-order valence-corrected chi connectivity index (χ0v) is 17.8. The molecule has 3 rings (SSSR count). The molecule has 6 nitrogen and oxygen atoms in total. The van der Waals surface area contributed by atoms with Gasteiger partial charge in [-0.2, -0.15) is 0 Å². The third-order valence-electron chi connectivity index (χ3n) is 4.67. The fourth-order valence-electron chi connectivity index (χ4n) is 3.00. The molecule has 0 atom stereocenters. The average Bonchev–Trinajstić information content (AvgIpc) is 2.75. The van der Waals surface area contributed by atoms with Crippen LogP contribution in [0.3, 0.4) is 0 Å². The lowest BCUT2D eigenvalue weighted by atomic mass is 10.2. The highest BCUT2D eigenvalue weighted by Gasteiger charge is 2.13. The van der Waals surface area contributed by atoms with Crippen LogP contribution < -0.4 is 9.62 Å². The standard InChI is InChI=1S/C23H25N3O3S/c1-3-26(4-2)21-15-10-18(23(27)16-21)17-24-19-11-13-20(14-12-19)25-30(28,29)22-8-6-5-7-9-22/h5-17,25,27H,3-4H2,1-2H3. The van der Waals surface area contributed by atoms with Crippen molar-refractivity contribution in [1.29, 1.82) is 0 Å². The van der Waals surface area contributed by atoms with Crippen molar-refractivity contribution in [3.8, 4) is 5.75 Å². The summed E-state index contributed by atoms with van der Waals surface area (Å²) in [4.78, 5) is 6.73. The van der Waals surface area contributed by atoms with Crippen LogP contribution in [0.25, 0.3) is 0 Å². The molecule has 0 amide bonds. The molecule has 0 radical (unpaired) electrons. The van der Waals surface area contributed by atoms with Crippen LogP contribution in [0, 0.1) is 0 Å². The van der Waals surface area contributed by atoms with Gasteiger partial charge < -0.3 is 10.0 Å². The summed E-state index contributed by atoms with van der Waals surface area (Å²) >= 11 is 0. The molecule has 0 aliphatic rings. The van der Waals surface area contributed by atoms with Gasteiger partial charge in [0.15, 0.2) is 0 Å². The quantitative estimate of drug-likeness (QED) is 0.511. The molecule has 0 unspecified atom stereocenters. The number of hydrogen-bond donors (Lipinski definition) is 2. The van der Waals surface area contributed by atoms with Gasteiger partial charge in [0.05, 0.1) is 10.6 Å². The number of phenolic OH excluding ortho intramolecular Hbond substituents is 1. The maximum absolute atomic E-state index is 12.4. The number of sulfonamides is 1. The Balaban J connectivity index is 1.71. The SMILES string of the molecule is CCN(CC)c1ccc(C=Nc2ccc(NS(=O)(=O)c3ccccc3)cc2)c(O)c1. The van der Waals surface area contributed by atoms with E-state index in [0.29, 0.717) is 16.9 Å². The minimum absolute atomic E-state index is 0.162. The number of benzene rings is 3. The lowest BCUT2D eigenvalue weighted by Crippen LogP contribution is -2.21. The lowest BCUT2D eigenvalue weighted by Gasteiger charge is -2.21. The van der Waals surface area contributed by atoms with Gasteiger partial charge in [0.2, 0.25) is 0 Å². The summed E-state index contributed by atoms with van der Waals surface area (Å²) in [5.41, 5.74) is 2.67. The first-order chi connectivity index (χ1) is 14.4. The van der Waals surface area contributed by atoms with E-state index in [0.717, 1.165) is 18.8 Å². The molecule has 2 N–H and O–H groups in total. The minimum Gasteiger partial charge on any atom is -0.507 e. The average molecular weight is 424 g/mol. The van der Waals surface area contributed by atoms with Crippen molar-refractivity contribution >= 4 is 33.3 Å². The van der Waals surface area contributed by atoms with Crippen molar-refractivity contribution in [1.82, 2.24) is 0 Å². The van der Waals surface area contributed by atoms with Crippen molar-refractivity contribution in [2.75, 3.05) is 22.7 Å². The predicted molar refractivity (Wildman–Crippen MR) is 123 cm³/mol. The van der Waals surface area contributed by atoms with E-state index in [1.807, 2.05) is 12.1 Å². The molecule has 156 valence electrons. The number of hydrogen-bond acceptors (Lipinski definition) is 5. The van der Waals surface area contributed by atoms with E-state index in [4.69, 9.17) is 0 Å². The first kappa shape index (κ1) is 21.4. The molecular weight excluding hydrogens is 398 g/mol. The van der Waals surface area contributed by atoms with Gasteiger partial charge in [0, 0.05) is 42.3 Å². The van der Waals surface area contributed by atoms with E-state index in [-0.39, 0.29) is 10.6 Å². The van der Waals surface area contributed by atoms with Gasteiger partial charge in [0.1, 0.15) is 5.75 Å². The second kappa shape index (κ2) is 9.45. The van der Waals surface area contributed by atoms with Crippen LogP contribution in [0.2, 0.25) is 0 Å². The summed E-state index contributed by atoms with van der Waals surface area (Å²) < 4.78 is 27.3. The molecule has 0 saturated heterocycles. The van der Waals surface area contributed by atoms with E-state index in [9.17, 15) is 13.5 Å². The van der Waals surface area contributed by atoms with Gasteiger partial charge in [-0.15, -0.1) is 0 Å². The molecule has 7 heteroatoms. The number of phenols is 1. The Labute approximate surface area is 177 Å². The van der Waals surface area contributed by atoms with Crippen LogP contribution >= 0.6 is 0 Å². The van der Waals surface area contributed by atoms with Gasteiger partial charge in [-0.1, -0.05) is 18.2 Å². The Hall–Kier alpha value is -3.32. The van der Waals surface area contributed by atoms with Gasteiger partial charge >= 0.3 is 0 Å². The lowest BCUT2D eigenvalue weighted by molar-refractivity contribution is 0.474. The Morgan fingerprint density at radius 2 is 1.63 bits per heavy atom. The molecule has 3 aromatic carbocycles. The van der Waals surface area contributed by atoms with E-state index in [1.165, 1.54) is 0 Å². The van der Waals surface area contributed by atoms with Crippen molar-refractivity contribution < 1.29 is 13.5 Å². The number of nitrogens with one attached hydrogen (secondary N) is 1. The van der Waals surface area contributed by atoms with Gasteiger partial charge in [0.25, 0.3) is 10.0 Å². The maximum atomic E-state index is 12.4. The first-order valence-corrected chi connectivity index (χ1v) is 11.2. The maximum Gasteiger partial charge on any atom is 0.261 e. The van der Waals surface area contributed by atoms with Crippen LogP contribution in [0.15, 0.2) is 82.7 Å². The zero-order chi connectivity index (χ0) is 21.6. The number of nitrogens with zero attached hydrogens (tertiary/aromatic N) is 2. The summed E-state index contributed by atoms with van der Waals surface area (Å²) in [6.45, 7) is 5.87. The van der Waals surface area contributed by atoms with Crippen LogP contribution in [0.5, 0.6) is 5.75 Å². The number of aliphatic imine (C=N–C) groups is 1. The molecule has 0 aliphatic carbocycles. The molecule has 0 heterocycles. The topological polar surface area (TPSA) is 82.0 Å². The summed E-state index contributed by atoms with van der Waals surface area (Å²) in [5, 5.41) is 10.3. The number of aromatic hydroxyl groups is 1. The second-order valence-corrected chi connectivity index (χ2v) is 8.32. The molecule has 0 aromatic heterocycles. The summed E-state index contributed by atoms with van der Waals surface area (Å²) in [6, 6.07) is 20.4. The van der Waals surface area contributed by atoms with Crippen LogP contribution in [0.1, 0.15) is 19.4 Å². The van der Waals surface area contributed by atoms with E-state index in [1.54, 1.807) is 66.9 Å². The highest BCUT2D eigenvalue weighted by molar-refractivity contribution is 7.92. The van der Waals surface area contributed by atoms with Crippen LogP contribution in [0.4, 0.5) is 17.1 Å². The molecule has 3 aromatic rings. The van der Waals surface area contributed by atoms with E-state index < -0.39 is 10.0 Å². The second-order valence-electron chi connectivity index (χ2n) is 6.64. The van der Waals surface area contributed by atoms with Crippen molar-refractivity contribution in [3.05, 3.63) is 78.4 Å². The largest absolute Gasteiger partial charge is 0.507 e. The molecular formula is C23H25N3O3S. The van der Waals surface area contributed by atoms with Gasteiger partial charge in [-0.25, -0.2) is 8.42 Å². The molecule has 0 spiro atoms. The Kier molecular flexibility index (Phi) is 6.74.